The lowest BCUT2D eigenvalue weighted by Gasteiger charge is -2.09. The van der Waals surface area contributed by atoms with Crippen LogP contribution in [0.1, 0.15) is 24.5 Å². The molecule has 1 aromatic rings. The quantitative estimate of drug-likeness (QED) is 0.671. The van der Waals surface area contributed by atoms with Crippen LogP contribution >= 0.6 is 0 Å². The average molecular weight is 156 g/mol. The van der Waals surface area contributed by atoms with E-state index >= 15 is 0 Å². The van der Waals surface area contributed by atoms with Gasteiger partial charge in [-0.15, -0.1) is 0 Å². The first-order valence-corrected chi connectivity index (χ1v) is 3.53. The van der Waals surface area contributed by atoms with Crippen LogP contribution in [0.5, 0.6) is 0 Å². The second-order valence-corrected chi connectivity index (χ2v) is 2.63. The number of furan rings is 1. The SMILES string of the molecule is Cc1ccc(C(O)C(C)O)o1. The lowest BCUT2D eigenvalue weighted by molar-refractivity contribution is 0.0164. The molecule has 0 aliphatic heterocycles. The molecule has 0 saturated carbocycles. The number of aliphatic hydroxyl groups is 2. The number of aliphatic hydroxyl groups excluding tert-OH is 2. The molecule has 0 bridgehead atoms. The van der Waals surface area contributed by atoms with Crippen molar-refractivity contribution in [1.29, 1.82) is 0 Å². The van der Waals surface area contributed by atoms with Crippen LogP contribution in [0.4, 0.5) is 0 Å². The standard InChI is InChI=1S/C8H12O3/c1-5-3-4-7(11-5)8(10)6(2)9/h3-4,6,8-10H,1-2H3. The largest absolute Gasteiger partial charge is 0.464 e. The molecule has 1 rings (SSSR count). The molecule has 0 aliphatic rings. The number of hydrogen-bond donors (Lipinski definition) is 2. The summed E-state index contributed by atoms with van der Waals surface area (Å²) in [6, 6.07) is 3.41. The smallest absolute Gasteiger partial charge is 0.137 e. The van der Waals surface area contributed by atoms with Gasteiger partial charge >= 0.3 is 0 Å². The second-order valence-electron chi connectivity index (χ2n) is 2.63. The lowest BCUT2D eigenvalue weighted by atomic mass is 10.2. The molecule has 1 heterocycles. The predicted molar refractivity (Wildman–Crippen MR) is 40.1 cm³/mol. The third kappa shape index (κ3) is 1.82. The highest BCUT2D eigenvalue weighted by Gasteiger charge is 2.16. The molecule has 0 saturated heterocycles. The van der Waals surface area contributed by atoms with Gasteiger partial charge in [0.2, 0.25) is 0 Å². The summed E-state index contributed by atoms with van der Waals surface area (Å²) in [6.45, 7) is 3.31. The fraction of sp³-hybridized carbons (Fsp3) is 0.500. The van der Waals surface area contributed by atoms with Crippen molar-refractivity contribution in [2.45, 2.75) is 26.1 Å². The maximum Gasteiger partial charge on any atom is 0.137 e. The molecule has 3 nitrogen and oxygen atoms in total. The van der Waals surface area contributed by atoms with Crippen molar-refractivity contribution >= 4 is 0 Å². The molecule has 0 aliphatic carbocycles. The topological polar surface area (TPSA) is 53.6 Å². The first kappa shape index (κ1) is 8.30. The monoisotopic (exact) mass is 156 g/mol. The third-order valence-corrected chi connectivity index (χ3v) is 1.51. The summed E-state index contributed by atoms with van der Waals surface area (Å²) >= 11 is 0. The van der Waals surface area contributed by atoms with E-state index in [1.807, 2.05) is 0 Å². The average Bonchev–Trinajstić information content (AvgIpc) is 2.34. The van der Waals surface area contributed by atoms with E-state index < -0.39 is 12.2 Å². The molecule has 11 heavy (non-hydrogen) atoms. The summed E-state index contributed by atoms with van der Waals surface area (Å²) in [5.74, 6) is 1.15. The van der Waals surface area contributed by atoms with E-state index in [1.165, 1.54) is 6.92 Å². The first-order chi connectivity index (χ1) is 5.11. The van der Waals surface area contributed by atoms with Crippen molar-refractivity contribution in [2.75, 3.05) is 0 Å². The van der Waals surface area contributed by atoms with Crippen LogP contribution in [0.2, 0.25) is 0 Å². The van der Waals surface area contributed by atoms with Crippen molar-refractivity contribution < 1.29 is 14.6 Å². The molecule has 1 aromatic heterocycles. The molecule has 0 amide bonds. The van der Waals surface area contributed by atoms with Gasteiger partial charge in [0.25, 0.3) is 0 Å². The highest BCUT2D eigenvalue weighted by Crippen LogP contribution is 2.18. The molecule has 0 radical (unpaired) electrons. The van der Waals surface area contributed by atoms with Gasteiger partial charge in [0, 0.05) is 0 Å². The minimum absolute atomic E-state index is 0.414. The molecule has 2 unspecified atom stereocenters. The van der Waals surface area contributed by atoms with Gasteiger partial charge in [-0.2, -0.15) is 0 Å². The number of aryl methyl sites for hydroxylation is 1. The minimum Gasteiger partial charge on any atom is -0.464 e. The van der Waals surface area contributed by atoms with E-state index in [1.54, 1.807) is 19.1 Å². The van der Waals surface area contributed by atoms with Crippen LogP contribution in [0.25, 0.3) is 0 Å². The highest BCUT2D eigenvalue weighted by atomic mass is 16.4. The van der Waals surface area contributed by atoms with Crippen LogP contribution in [0.3, 0.4) is 0 Å². The molecular formula is C8H12O3. The van der Waals surface area contributed by atoms with Crippen molar-refractivity contribution in [3.8, 4) is 0 Å². The van der Waals surface area contributed by atoms with Crippen LogP contribution < -0.4 is 0 Å². The fourth-order valence-corrected chi connectivity index (χ4v) is 0.850. The Morgan fingerprint density at radius 3 is 2.36 bits per heavy atom. The van der Waals surface area contributed by atoms with E-state index in [-0.39, 0.29) is 0 Å². The molecule has 0 spiro atoms. The van der Waals surface area contributed by atoms with Gasteiger partial charge in [-0.25, -0.2) is 0 Å². The summed E-state index contributed by atoms with van der Waals surface area (Å²) in [5, 5.41) is 18.2. The second kappa shape index (κ2) is 3.07. The summed E-state index contributed by atoms with van der Waals surface area (Å²) in [5.41, 5.74) is 0. The van der Waals surface area contributed by atoms with E-state index in [2.05, 4.69) is 0 Å². The molecule has 2 N–H and O–H groups in total. The molecule has 2 atom stereocenters. The van der Waals surface area contributed by atoms with Crippen molar-refractivity contribution in [3.63, 3.8) is 0 Å². The zero-order valence-corrected chi connectivity index (χ0v) is 6.61. The third-order valence-electron chi connectivity index (χ3n) is 1.51. The van der Waals surface area contributed by atoms with Gasteiger partial charge in [0.05, 0.1) is 6.10 Å². The van der Waals surface area contributed by atoms with Crippen LogP contribution in [-0.4, -0.2) is 16.3 Å². The lowest BCUT2D eigenvalue weighted by Crippen LogP contribution is -2.12. The Balaban J connectivity index is 2.76. The Hall–Kier alpha value is -0.800. The van der Waals surface area contributed by atoms with Crippen LogP contribution in [0, 0.1) is 6.92 Å². The van der Waals surface area contributed by atoms with Gasteiger partial charge in [-0.05, 0) is 26.0 Å². The van der Waals surface area contributed by atoms with Gasteiger partial charge in [0.1, 0.15) is 17.6 Å². The van der Waals surface area contributed by atoms with Gasteiger partial charge < -0.3 is 14.6 Å². The maximum atomic E-state index is 9.27. The van der Waals surface area contributed by atoms with Crippen molar-refractivity contribution in [2.24, 2.45) is 0 Å². The Morgan fingerprint density at radius 2 is 2.00 bits per heavy atom. The summed E-state index contributed by atoms with van der Waals surface area (Å²) in [4.78, 5) is 0. The molecule has 3 heteroatoms. The van der Waals surface area contributed by atoms with Gasteiger partial charge in [0.15, 0.2) is 0 Å². The van der Waals surface area contributed by atoms with E-state index in [9.17, 15) is 5.11 Å². The summed E-state index contributed by atoms with van der Waals surface area (Å²) in [6.07, 6.45) is -1.70. The zero-order valence-electron chi connectivity index (χ0n) is 6.61. The Labute approximate surface area is 65.3 Å². The van der Waals surface area contributed by atoms with Crippen molar-refractivity contribution in [3.05, 3.63) is 23.7 Å². The minimum atomic E-state index is -0.913. The summed E-state index contributed by atoms with van der Waals surface area (Å²) in [7, 11) is 0. The summed E-state index contributed by atoms with van der Waals surface area (Å²) < 4.78 is 5.10. The molecule has 0 fully saturated rings. The van der Waals surface area contributed by atoms with E-state index in [0.717, 1.165) is 5.76 Å². The van der Waals surface area contributed by atoms with Crippen LogP contribution in [0.15, 0.2) is 16.5 Å². The van der Waals surface area contributed by atoms with E-state index in [4.69, 9.17) is 9.52 Å². The van der Waals surface area contributed by atoms with E-state index in [0.29, 0.717) is 5.76 Å². The Bertz CT molecular complexity index is 227. The molecular weight excluding hydrogens is 144 g/mol. The normalized spacial score (nSPS) is 16.4. The van der Waals surface area contributed by atoms with Crippen LogP contribution in [-0.2, 0) is 0 Å². The predicted octanol–water partition coefficient (Wildman–Crippen LogP) is 1.00. The van der Waals surface area contributed by atoms with Gasteiger partial charge in [-0.3, -0.25) is 0 Å². The fourth-order valence-electron chi connectivity index (χ4n) is 0.850. The molecule has 0 aromatic carbocycles. The number of rotatable bonds is 2. The van der Waals surface area contributed by atoms with Gasteiger partial charge in [-0.1, -0.05) is 0 Å². The highest BCUT2D eigenvalue weighted by molar-refractivity contribution is 5.08. The maximum absolute atomic E-state index is 9.27. The Morgan fingerprint density at radius 1 is 1.36 bits per heavy atom. The van der Waals surface area contributed by atoms with Crippen molar-refractivity contribution in [1.82, 2.24) is 0 Å². The Kier molecular flexibility index (Phi) is 2.31. The molecule has 62 valence electrons. The zero-order chi connectivity index (χ0) is 8.43. The first-order valence-electron chi connectivity index (χ1n) is 3.53. The number of hydrogen-bond acceptors (Lipinski definition) is 3.